The molecule has 1 aromatic rings. The molecule has 0 saturated carbocycles. The van der Waals surface area contributed by atoms with Gasteiger partial charge in [-0.05, 0) is 38.1 Å². The molecule has 0 aromatic heterocycles. The summed E-state index contributed by atoms with van der Waals surface area (Å²) in [7, 11) is 0. The number of carbonyl (C=O) groups excluding carboxylic acids is 1. The second-order valence-electron chi connectivity index (χ2n) is 4.75. The largest absolute Gasteiger partial charge is 0.481 e. The molecule has 0 bridgehead atoms. The molecule has 0 saturated heterocycles. The van der Waals surface area contributed by atoms with Gasteiger partial charge in [-0.2, -0.15) is 0 Å². The first-order valence-electron chi connectivity index (χ1n) is 6.64. The highest BCUT2D eigenvalue weighted by atomic mass is 16.5. The molecule has 5 heteroatoms. The molecule has 1 rings (SSSR count). The highest BCUT2D eigenvalue weighted by Gasteiger charge is 2.19. The Kier molecular flexibility index (Phi) is 6.28. The van der Waals surface area contributed by atoms with Gasteiger partial charge in [-0.3, -0.25) is 9.59 Å². The number of carboxylic acid groups (broad SMARTS) is 1. The summed E-state index contributed by atoms with van der Waals surface area (Å²) in [4.78, 5) is 24.6. The number of amides is 1. The number of aliphatic carboxylic acids is 1. The second kappa shape index (κ2) is 7.95. The third kappa shape index (κ3) is 5.19. The third-order valence-electron chi connectivity index (χ3n) is 2.87. The number of carboxylic acids is 1. The topological polar surface area (TPSA) is 66.8 Å². The van der Waals surface area contributed by atoms with E-state index in [2.05, 4.69) is 5.92 Å². The van der Waals surface area contributed by atoms with Gasteiger partial charge in [0, 0.05) is 18.2 Å². The monoisotopic (exact) mass is 289 g/mol. The molecular weight excluding hydrogens is 270 g/mol. The number of benzene rings is 1. The molecule has 0 spiro atoms. The Labute approximate surface area is 124 Å². The Morgan fingerprint density at radius 3 is 2.43 bits per heavy atom. The Bertz CT molecular complexity index is 528. The number of hydrogen-bond acceptors (Lipinski definition) is 3. The maximum absolute atomic E-state index is 12.4. The van der Waals surface area contributed by atoms with E-state index in [9.17, 15) is 9.59 Å². The molecular formula is C16H19NO4. The molecule has 1 N–H and O–H groups in total. The van der Waals surface area contributed by atoms with E-state index >= 15 is 0 Å². The van der Waals surface area contributed by atoms with Gasteiger partial charge in [-0.1, -0.05) is 5.92 Å². The van der Waals surface area contributed by atoms with Crippen LogP contribution in [-0.2, 0) is 4.79 Å². The van der Waals surface area contributed by atoms with Gasteiger partial charge in [0.15, 0.2) is 0 Å². The molecule has 0 aliphatic heterocycles. The van der Waals surface area contributed by atoms with Crippen LogP contribution in [0.5, 0.6) is 5.75 Å². The van der Waals surface area contributed by atoms with Gasteiger partial charge >= 0.3 is 5.97 Å². The van der Waals surface area contributed by atoms with Gasteiger partial charge < -0.3 is 14.7 Å². The fraction of sp³-hybridized carbons (Fsp3) is 0.375. The summed E-state index contributed by atoms with van der Waals surface area (Å²) in [5, 5.41) is 8.74. The SMILES string of the molecule is C#CCOc1ccc(C(=O)N(CCC(=O)O)C(C)C)cc1. The highest BCUT2D eigenvalue weighted by Crippen LogP contribution is 2.15. The van der Waals surface area contributed by atoms with Crippen LogP contribution in [0.4, 0.5) is 0 Å². The maximum Gasteiger partial charge on any atom is 0.305 e. The lowest BCUT2D eigenvalue weighted by molar-refractivity contribution is -0.137. The standard InChI is InChI=1S/C16H19NO4/c1-4-11-21-14-7-5-13(6-8-14)16(20)17(12(2)3)10-9-15(18)19/h1,5-8,12H,9-11H2,2-3H3,(H,18,19). The lowest BCUT2D eigenvalue weighted by atomic mass is 10.1. The number of terminal acetylenes is 1. The normalized spacial score (nSPS) is 10.0. The van der Waals surface area contributed by atoms with E-state index < -0.39 is 5.97 Å². The van der Waals surface area contributed by atoms with E-state index in [-0.39, 0.29) is 31.5 Å². The molecule has 5 nitrogen and oxygen atoms in total. The van der Waals surface area contributed by atoms with Crippen molar-refractivity contribution >= 4 is 11.9 Å². The second-order valence-corrected chi connectivity index (χ2v) is 4.75. The van der Waals surface area contributed by atoms with E-state index in [1.165, 1.54) is 4.90 Å². The molecule has 0 radical (unpaired) electrons. The number of rotatable bonds is 7. The fourth-order valence-electron chi connectivity index (χ4n) is 1.79. The number of hydrogen-bond donors (Lipinski definition) is 1. The van der Waals surface area contributed by atoms with Crippen LogP contribution in [0.2, 0.25) is 0 Å². The fourth-order valence-corrected chi connectivity index (χ4v) is 1.79. The molecule has 0 atom stereocenters. The van der Waals surface area contributed by atoms with Crippen molar-refractivity contribution in [1.29, 1.82) is 0 Å². The van der Waals surface area contributed by atoms with Crippen LogP contribution in [0.3, 0.4) is 0 Å². The first-order chi connectivity index (χ1) is 9.95. The summed E-state index contributed by atoms with van der Waals surface area (Å²) in [5.74, 6) is 1.83. The highest BCUT2D eigenvalue weighted by molar-refractivity contribution is 5.94. The van der Waals surface area contributed by atoms with Gasteiger partial charge in [-0.15, -0.1) is 6.42 Å². The Hall–Kier alpha value is -2.48. The first-order valence-corrected chi connectivity index (χ1v) is 6.64. The van der Waals surface area contributed by atoms with Crippen LogP contribution in [0.1, 0.15) is 30.6 Å². The van der Waals surface area contributed by atoms with E-state index in [1.807, 2.05) is 13.8 Å². The van der Waals surface area contributed by atoms with Crippen LogP contribution in [0, 0.1) is 12.3 Å². The van der Waals surface area contributed by atoms with Gasteiger partial charge in [0.05, 0.1) is 6.42 Å². The van der Waals surface area contributed by atoms with Crippen molar-refractivity contribution in [2.45, 2.75) is 26.3 Å². The average Bonchev–Trinajstić information content (AvgIpc) is 2.45. The molecule has 0 aliphatic carbocycles. The van der Waals surface area contributed by atoms with Crippen molar-refractivity contribution in [1.82, 2.24) is 4.90 Å². The summed E-state index contributed by atoms with van der Waals surface area (Å²) in [6, 6.07) is 6.55. The van der Waals surface area contributed by atoms with Crippen molar-refractivity contribution in [3.8, 4) is 18.1 Å². The van der Waals surface area contributed by atoms with Gasteiger partial charge in [0.25, 0.3) is 5.91 Å². The van der Waals surface area contributed by atoms with Crippen molar-refractivity contribution in [3.63, 3.8) is 0 Å². The summed E-state index contributed by atoms with van der Waals surface area (Å²) >= 11 is 0. The molecule has 1 amide bonds. The quantitative estimate of drug-likeness (QED) is 0.780. The third-order valence-corrected chi connectivity index (χ3v) is 2.87. The zero-order chi connectivity index (χ0) is 15.8. The Morgan fingerprint density at radius 2 is 1.95 bits per heavy atom. The molecule has 0 unspecified atom stereocenters. The van der Waals surface area contributed by atoms with E-state index in [1.54, 1.807) is 24.3 Å². The predicted octanol–water partition coefficient (Wildman–Crippen LogP) is 2.02. The van der Waals surface area contributed by atoms with Crippen LogP contribution >= 0.6 is 0 Å². The molecule has 21 heavy (non-hydrogen) atoms. The lowest BCUT2D eigenvalue weighted by Gasteiger charge is -2.26. The first kappa shape index (κ1) is 16.6. The summed E-state index contributed by atoms with van der Waals surface area (Å²) in [5.41, 5.74) is 0.488. The number of nitrogens with zero attached hydrogens (tertiary/aromatic N) is 1. The number of ether oxygens (including phenoxy) is 1. The predicted molar refractivity (Wildman–Crippen MR) is 79.2 cm³/mol. The molecule has 0 fully saturated rings. The molecule has 0 heterocycles. The summed E-state index contributed by atoms with van der Waals surface area (Å²) in [6.07, 6.45) is 5.03. The van der Waals surface area contributed by atoms with Crippen LogP contribution < -0.4 is 4.74 Å². The average molecular weight is 289 g/mol. The summed E-state index contributed by atoms with van der Waals surface area (Å²) in [6.45, 7) is 4.06. The van der Waals surface area contributed by atoms with Crippen LogP contribution in [0.15, 0.2) is 24.3 Å². The maximum atomic E-state index is 12.4. The zero-order valence-corrected chi connectivity index (χ0v) is 12.2. The van der Waals surface area contributed by atoms with Crippen LogP contribution in [0.25, 0.3) is 0 Å². The smallest absolute Gasteiger partial charge is 0.305 e. The van der Waals surface area contributed by atoms with E-state index in [0.29, 0.717) is 11.3 Å². The van der Waals surface area contributed by atoms with Gasteiger partial charge in [0.1, 0.15) is 12.4 Å². The minimum Gasteiger partial charge on any atom is -0.481 e. The number of carbonyl (C=O) groups is 2. The van der Waals surface area contributed by atoms with Crippen molar-refractivity contribution < 1.29 is 19.4 Å². The van der Waals surface area contributed by atoms with Crippen LogP contribution in [-0.4, -0.2) is 41.1 Å². The molecule has 112 valence electrons. The Balaban J connectivity index is 2.79. The zero-order valence-electron chi connectivity index (χ0n) is 12.2. The van der Waals surface area contributed by atoms with Gasteiger partial charge in [0.2, 0.25) is 0 Å². The lowest BCUT2D eigenvalue weighted by Crippen LogP contribution is -2.38. The Morgan fingerprint density at radius 1 is 1.33 bits per heavy atom. The minimum absolute atomic E-state index is 0.0748. The van der Waals surface area contributed by atoms with Gasteiger partial charge in [-0.25, -0.2) is 0 Å². The van der Waals surface area contributed by atoms with E-state index in [0.717, 1.165) is 0 Å². The van der Waals surface area contributed by atoms with E-state index in [4.69, 9.17) is 16.3 Å². The molecule has 1 aromatic carbocycles. The molecule has 0 aliphatic rings. The van der Waals surface area contributed by atoms with Crippen molar-refractivity contribution in [2.24, 2.45) is 0 Å². The summed E-state index contributed by atoms with van der Waals surface area (Å²) < 4.78 is 5.24. The van der Waals surface area contributed by atoms with Crippen molar-refractivity contribution in [3.05, 3.63) is 29.8 Å². The minimum atomic E-state index is -0.925. The van der Waals surface area contributed by atoms with Crippen molar-refractivity contribution in [2.75, 3.05) is 13.2 Å².